The van der Waals surface area contributed by atoms with E-state index in [-0.39, 0.29) is 11.3 Å². The highest BCUT2D eigenvalue weighted by atomic mass is 16.5. The molecule has 0 aliphatic carbocycles. The summed E-state index contributed by atoms with van der Waals surface area (Å²) >= 11 is 0. The van der Waals surface area contributed by atoms with Gasteiger partial charge in [0.1, 0.15) is 23.9 Å². The number of likely N-dealkylation sites (tertiary alicyclic amines) is 1. The number of carbonyl (C=O) groups excluding carboxylic acids is 2. The molecule has 8 nitrogen and oxygen atoms in total. The van der Waals surface area contributed by atoms with E-state index in [4.69, 9.17) is 9.47 Å². The predicted octanol–water partition coefficient (Wildman–Crippen LogP) is 4.36. The molecule has 4 rings (SSSR count). The monoisotopic (exact) mass is 487 g/mol. The normalized spacial score (nSPS) is 16.8. The largest absolute Gasteiger partial charge is 0.507 e. The summed E-state index contributed by atoms with van der Waals surface area (Å²) in [7, 11) is 0. The summed E-state index contributed by atoms with van der Waals surface area (Å²) in [5.41, 5.74) is 1.20. The van der Waals surface area contributed by atoms with Gasteiger partial charge in [-0.05, 0) is 55.3 Å². The van der Waals surface area contributed by atoms with Crippen LogP contribution in [-0.2, 0) is 16.1 Å². The van der Waals surface area contributed by atoms with Gasteiger partial charge in [0.05, 0.1) is 24.5 Å². The second-order valence-corrected chi connectivity index (χ2v) is 8.27. The van der Waals surface area contributed by atoms with Crippen molar-refractivity contribution in [1.29, 1.82) is 0 Å². The molecule has 36 heavy (non-hydrogen) atoms. The summed E-state index contributed by atoms with van der Waals surface area (Å²) in [6, 6.07) is 13.2. The second-order valence-electron chi connectivity index (χ2n) is 8.27. The first-order valence-corrected chi connectivity index (χ1v) is 11.8. The minimum absolute atomic E-state index is 0.0616. The Morgan fingerprint density at radius 3 is 2.39 bits per heavy atom. The van der Waals surface area contributed by atoms with Gasteiger partial charge in [0.25, 0.3) is 11.7 Å². The third-order valence-corrected chi connectivity index (χ3v) is 5.92. The Hall–Kier alpha value is -4.33. The number of carbonyl (C=O) groups is 2. The lowest BCUT2D eigenvalue weighted by molar-refractivity contribution is -0.139. The van der Waals surface area contributed by atoms with E-state index in [0.717, 1.165) is 0 Å². The number of imidazole rings is 1. The Bertz CT molecular complexity index is 1230. The number of aliphatic hydroxyl groups is 1. The van der Waals surface area contributed by atoms with Crippen LogP contribution in [0.2, 0.25) is 0 Å². The van der Waals surface area contributed by atoms with E-state index in [0.29, 0.717) is 55.4 Å². The molecule has 1 fully saturated rings. The number of benzene rings is 2. The Balaban J connectivity index is 1.69. The summed E-state index contributed by atoms with van der Waals surface area (Å²) in [5.74, 6) is -0.264. The SMILES string of the molecule is C=CCOc1ccc([C@@H]2C(=C(O)c3ccc(OCC)cc3)C(=O)C(=O)N2CCCn2ccnc2)cc1. The van der Waals surface area contributed by atoms with Crippen LogP contribution in [-0.4, -0.2) is 51.0 Å². The van der Waals surface area contributed by atoms with Crippen LogP contribution in [0, 0.1) is 0 Å². The van der Waals surface area contributed by atoms with E-state index < -0.39 is 17.7 Å². The molecule has 3 aromatic rings. The molecule has 0 spiro atoms. The van der Waals surface area contributed by atoms with E-state index in [1.54, 1.807) is 55.0 Å². The van der Waals surface area contributed by atoms with Gasteiger partial charge in [-0.25, -0.2) is 4.98 Å². The molecule has 0 unspecified atom stereocenters. The van der Waals surface area contributed by atoms with Crippen LogP contribution in [0.1, 0.15) is 30.5 Å². The number of Topliss-reactive ketones (excluding diaryl/α,β-unsaturated/α-hetero) is 1. The number of nitrogens with zero attached hydrogens (tertiary/aromatic N) is 3. The van der Waals surface area contributed by atoms with Gasteiger partial charge < -0.3 is 24.0 Å². The maximum absolute atomic E-state index is 13.2. The van der Waals surface area contributed by atoms with Crippen molar-refractivity contribution in [3.63, 3.8) is 0 Å². The van der Waals surface area contributed by atoms with Crippen LogP contribution in [0.15, 0.2) is 85.5 Å². The van der Waals surface area contributed by atoms with Crippen LogP contribution >= 0.6 is 0 Å². The van der Waals surface area contributed by atoms with Crippen LogP contribution < -0.4 is 9.47 Å². The maximum atomic E-state index is 13.2. The van der Waals surface area contributed by atoms with Crippen LogP contribution in [0.3, 0.4) is 0 Å². The fourth-order valence-corrected chi connectivity index (χ4v) is 4.23. The molecule has 2 aromatic carbocycles. The molecular formula is C28H29N3O5. The molecule has 1 aromatic heterocycles. The lowest BCUT2D eigenvalue weighted by Crippen LogP contribution is -2.31. The van der Waals surface area contributed by atoms with Crippen molar-refractivity contribution >= 4 is 17.4 Å². The van der Waals surface area contributed by atoms with Crippen LogP contribution in [0.25, 0.3) is 5.76 Å². The van der Waals surface area contributed by atoms with E-state index >= 15 is 0 Å². The van der Waals surface area contributed by atoms with Crippen LogP contribution in [0.5, 0.6) is 11.5 Å². The van der Waals surface area contributed by atoms with Gasteiger partial charge in [-0.2, -0.15) is 0 Å². The number of hydrogen-bond acceptors (Lipinski definition) is 6. The fraction of sp³-hybridized carbons (Fsp3) is 0.250. The van der Waals surface area contributed by atoms with Gasteiger partial charge in [0.2, 0.25) is 0 Å². The molecule has 0 bridgehead atoms. The van der Waals surface area contributed by atoms with Gasteiger partial charge in [-0.15, -0.1) is 0 Å². The second kappa shape index (κ2) is 11.4. The van der Waals surface area contributed by atoms with Crippen molar-refractivity contribution < 1.29 is 24.2 Å². The summed E-state index contributed by atoms with van der Waals surface area (Å²) in [5, 5.41) is 11.2. The molecule has 1 saturated heterocycles. The molecule has 1 atom stereocenters. The number of hydrogen-bond donors (Lipinski definition) is 1. The third-order valence-electron chi connectivity index (χ3n) is 5.92. The lowest BCUT2D eigenvalue weighted by atomic mass is 9.95. The average Bonchev–Trinajstić information content (AvgIpc) is 3.50. The van der Waals surface area contributed by atoms with E-state index in [9.17, 15) is 14.7 Å². The van der Waals surface area contributed by atoms with Crippen LogP contribution in [0.4, 0.5) is 0 Å². The van der Waals surface area contributed by atoms with E-state index in [1.165, 1.54) is 4.90 Å². The maximum Gasteiger partial charge on any atom is 0.295 e. The zero-order valence-corrected chi connectivity index (χ0v) is 20.2. The molecule has 1 aliphatic heterocycles. The summed E-state index contributed by atoms with van der Waals surface area (Å²) in [6.45, 7) is 7.39. The van der Waals surface area contributed by atoms with Gasteiger partial charge >= 0.3 is 0 Å². The predicted molar refractivity (Wildman–Crippen MR) is 136 cm³/mol. The van der Waals surface area contributed by atoms with Gasteiger partial charge in [-0.3, -0.25) is 9.59 Å². The number of rotatable bonds is 11. The molecule has 1 aliphatic rings. The molecule has 1 N–H and O–H groups in total. The van der Waals surface area contributed by atoms with Crippen molar-refractivity contribution in [2.24, 2.45) is 0 Å². The van der Waals surface area contributed by atoms with Crippen molar-refractivity contribution in [2.45, 2.75) is 25.9 Å². The minimum atomic E-state index is -0.729. The Morgan fingerprint density at radius 2 is 1.75 bits per heavy atom. The first-order valence-electron chi connectivity index (χ1n) is 11.8. The molecule has 0 saturated carbocycles. The van der Waals surface area contributed by atoms with E-state index in [2.05, 4.69) is 11.6 Å². The number of ether oxygens (including phenoxy) is 2. The standard InChI is InChI=1S/C28H29N3O5/c1-3-18-36-23-10-6-20(7-11-23)25-24(26(32)21-8-12-22(13-9-21)35-4-2)27(33)28(34)31(25)16-5-15-30-17-14-29-19-30/h3,6-14,17,19,25,32H,1,4-5,15-16,18H2,2H3/t25-/m1/s1. The summed E-state index contributed by atoms with van der Waals surface area (Å²) in [6.07, 6.45) is 7.52. The highest BCUT2D eigenvalue weighted by molar-refractivity contribution is 6.46. The zero-order chi connectivity index (χ0) is 25.5. The zero-order valence-electron chi connectivity index (χ0n) is 20.2. The fourth-order valence-electron chi connectivity index (χ4n) is 4.23. The average molecular weight is 488 g/mol. The summed E-state index contributed by atoms with van der Waals surface area (Å²) < 4.78 is 13.0. The quantitative estimate of drug-likeness (QED) is 0.187. The van der Waals surface area contributed by atoms with Crippen molar-refractivity contribution in [3.8, 4) is 11.5 Å². The molecule has 186 valence electrons. The first kappa shape index (κ1) is 24.8. The van der Waals surface area contributed by atoms with Crippen molar-refractivity contribution in [1.82, 2.24) is 14.5 Å². The smallest absolute Gasteiger partial charge is 0.295 e. The van der Waals surface area contributed by atoms with E-state index in [1.807, 2.05) is 29.8 Å². The summed E-state index contributed by atoms with van der Waals surface area (Å²) in [4.78, 5) is 31.9. The molecule has 8 heteroatoms. The highest BCUT2D eigenvalue weighted by Crippen LogP contribution is 2.40. The number of aliphatic hydroxyl groups excluding tert-OH is 1. The van der Waals surface area contributed by atoms with Crippen molar-refractivity contribution in [3.05, 3.63) is 96.6 Å². The number of aryl methyl sites for hydroxylation is 1. The topological polar surface area (TPSA) is 93.9 Å². The highest BCUT2D eigenvalue weighted by Gasteiger charge is 2.45. The number of aromatic nitrogens is 2. The van der Waals surface area contributed by atoms with Gasteiger partial charge in [0, 0.05) is 31.0 Å². The Morgan fingerprint density at radius 1 is 1.06 bits per heavy atom. The van der Waals surface area contributed by atoms with Crippen molar-refractivity contribution in [2.75, 3.05) is 19.8 Å². The third kappa shape index (κ3) is 5.33. The number of amides is 1. The molecule has 2 heterocycles. The number of ketones is 1. The molecule has 1 amide bonds. The first-order chi connectivity index (χ1) is 17.5. The molecule has 0 radical (unpaired) electrons. The minimum Gasteiger partial charge on any atom is -0.507 e. The van der Waals surface area contributed by atoms with Gasteiger partial charge in [-0.1, -0.05) is 24.8 Å². The lowest BCUT2D eigenvalue weighted by Gasteiger charge is -2.25. The Labute approximate surface area is 210 Å². The molecular weight excluding hydrogens is 458 g/mol. The Kier molecular flexibility index (Phi) is 7.85. The van der Waals surface area contributed by atoms with Gasteiger partial charge in [0.15, 0.2) is 0 Å².